The Bertz CT molecular complexity index is 1110. The van der Waals surface area contributed by atoms with Crippen molar-refractivity contribution in [2.24, 2.45) is 5.41 Å². The minimum absolute atomic E-state index is 0.0146. The van der Waals surface area contributed by atoms with Gasteiger partial charge < -0.3 is 9.67 Å². The number of halogens is 9. The van der Waals surface area contributed by atoms with E-state index in [2.05, 4.69) is 0 Å². The van der Waals surface area contributed by atoms with E-state index in [1.807, 2.05) is 13.8 Å². The van der Waals surface area contributed by atoms with Gasteiger partial charge in [0.15, 0.2) is 0 Å². The predicted molar refractivity (Wildman–Crippen MR) is 131 cm³/mol. The van der Waals surface area contributed by atoms with Crippen molar-refractivity contribution in [1.82, 2.24) is 0 Å². The molecule has 2 nitrogen and oxygen atoms in total. The van der Waals surface area contributed by atoms with E-state index in [-0.39, 0.29) is 28.9 Å². The van der Waals surface area contributed by atoms with Gasteiger partial charge in [-0.05, 0) is 37.5 Å². The summed E-state index contributed by atoms with van der Waals surface area (Å²) in [5.41, 5.74) is -4.12. The zero-order valence-corrected chi connectivity index (χ0v) is 22.2. The van der Waals surface area contributed by atoms with Crippen LogP contribution in [0.25, 0.3) is 0 Å². The Balaban J connectivity index is 2.18. The Hall–Kier alpha value is -2.00. The van der Waals surface area contributed by atoms with E-state index in [4.69, 9.17) is 0 Å². The summed E-state index contributed by atoms with van der Waals surface area (Å²) in [7, 11) is -4.43. The molecular formula is C27H30F9O2P. The molecule has 1 saturated carbocycles. The highest BCUT2D eigenvalue weighted by atomic mass is 31.2. The van der Waals surface area contributed by atoms with Gasteiger partial charge in [0.1, 0.15) is 7.14 Å². The third-order valence-corrected chi connectivity index (χ3v) is 11.2. The first-order valence-electron chi connectivity index (χ1n) is 12.3. The summed E-state index contributed by atoms with van der Waals surface area (Å²) >= 11 is 0. The first kappa shape index (κ1) is 31.5. The van der Waals surface area contributed by atoms with Gasteiger partial charge in [0, 0.05) is 22.7 Å². The van der Waals surface area contributed by atoms with Crippen LogP contribution in [0.3, 0.4) is 0 Å². The van der Waals surface area contributed by atoms with Crippen LogP contribution in [0.2, 0.25) is 0 Å². The molecule has 0 aromatic heterocycles. The van der Waals surface area contributed by atoms with Gasteiger partial charge in [0.25, 0.3) is 0 Å². The number of benzene rings is 2. The van der Waals surface area contributed by atoms with Gasteiger partial charge in [0.2, 0.25) is 0 Å². The molecule has 12 heteroatoms. The van der Waals surface area contributed by atoms with E-state index < -0.39 is 55.2 Å². The second-order valence-electron chi connectivity index (χ2n) is 11.1. The van der Waals surface area contributed by atoms with Crippen LogP contribution in [0.15, 0.2) is 60.7 Å². The van der Waals surface area contributed by atoms with Crippen LogP contribution in [0.5, 0.6) is 0 Å². The van der Waals surface area contributed by atoms with Crippen molar-refractivity contribution in [1.29, 1.82) is 0 Å². The lowest BCUT2D eigenvalue weighted by Gasteiger charge is -2.44. The van der Waals surface area contributed by atoms with Gasteiger partial charge in [-0.1, -0.05) is 74.5 Å². The molecule has 2 aromatic carbocycles. The number of aliphatic hydroxyl groups is 1. The summed E-state index contributed by atoms with van der Waals surface area (Å²) < 4.78 is 140. The Morgan fingerprint density at radius 3 is 1.54 bits per heavy atom. The van der Waals surface area contributed by atoms with E-state index >= 15 is 8.78 Å². The molecule has 1 unspecified atom stereocenters. The third kappa shape index (κ3) is 6.04. The maximum absolute atomic E-state index is 15.1. The largest absolute Gasteiger partial charge is 0.460 e. The fraction of sp³-hybridized carbons (Fsp3) is 0.556. The molecule has 1 fully saturated rings. The molecule has 1 aliphatic carbocycles. The summed E-state index contributed by atoms with van der Waals surface area (Å²) in [6.07, 6.45) is -9.19. The molecule has 39 heavy (non-hydrogen) atoms. The normalized spacial score (nSPS) is 19.5. The molecule has 2 aromatic rings. The molecule has 3 rings (SSSR count). The summed E-state index contributed by atoms with van der Waals surface area (Å²) in [5.74, 6) is -19.9. The number of rotatable bonds is 9. The molecule has 1 aliphatic rings. The molecule has 1 atom stereocenters. The van der Waals surface area contributed by atoms with E-state index in [9.17, 15) is 40.4 Å². The first-order valence-corrected chi connectivity index (χ1v) is 14.1. The molecular weight excluding hydrogens is 558 g/mol. The van der Waals surface area contributed by atoms with Crippen LogP contribution < -0.4 is 10.6 Å². The Kier molecular flexibility index (Phi) is 8.44. The Morgan fingerprint density at radius 2 is 1.15 bits per heavy atom. The predicted octanol–water partition coefficient (Wildman–Crippen LogP) is 7.95. The zero-order valence-electron chi connectivity index (χ0n) is 21.3. The molecule has 218 valence electrons. The van der Waals surface area contributed by atoms with Crippen LogP contribution in [0, 0.1) is 5.41 Å². The number of hydrogen-bond donors (Lipinski definition) is 1. The van der Waals surface area contributed by atoms with Crippen LogP contribution in [0.4, 0.5) is 39.5 Å². The van der Waals surface area contributed by atoms with Crippen molar-refractivity contribution in [2.45, 2.75) is 87.6 Å². The minimum Gasteiger partial charge on any atom is -0.390 e. The first-order chi connectivity index (χ1) is 17.7. The second kappa shape index (κ2) is 10.4. The van der Waals surface area contributed by atoms with Crippen molar-refractivity contribution in [3.8, 4) is 0 Å². The summed E-state index contributed by atoms with van der Waals surface area (Å²) in [6.45, 7) is 3.80. The molecule has 0 bridgehead atoms. The Morgan fingerprint density at radius 1 is 0.744 bits per heavy atom. The van der Waals surface area contributed by atoms with Crippen molar-refractivity contribution in [3.63, 3.8) is 0 Å². The maximum Gasteiger partial charge on any atom is 0.460 e. The van der Waals surface area contributed by atoms with E-state index in [1.54, 1.807) is 0 Å². The lowest BCUT2D eigenvalue weighted by Crippen LogP contribution is -2.61. The molecule has 0 radical (unpaired) electrons. The van der Waals surface area contributed by atoms with Gasteiger partial charge in [-0.2, -0.15) is 39.5 Å². The molecule has 0 heterocycles. The van der Waals surface area contributed by atoms with Gasteiger partial charge in [-0.15, -0.1) is 0 Å². The van der Waals surface area contributed by atoms with Crippen molar-refractivity contribution in [3.05, 3.63) is 60.7 Å². The maximum atomic E-state index is 15.1. The average molecular weight is 588 g/mol. The summed E-state index contributed by atoms with van der Waals surface area (Å²) in [5, 5.41) is 11.2. The monoisotopic (exact) mass is 588 g/mol. The van der Waals surface area contributed by atoms with Gasteiger partial charge in [-0.3, -0.25) is 0 Å². The topological polar surface area (TPSA) is 37.3 Å². The molecule has 0 saturated heterocycles. The van der Waals surface area contributed by atoms with Gasteiger partial charge in [0.05, 0.1) is 5.60 Å². The van der Waals surface area contributed by atoms with Gasteiger partial charge >= 0.3 is 23.9 Å². The van der Waals surface area contributed by atoms with Crippen molar-refractivity contribution < 1.29 is 49.2 Å². The fourth-order valence-corrected chi connectivity index (χ4v) is 8.52. The number of hydrogen-bond acceptors (Lipinski definition) is 2. The summed E-state index contributed by atoms with van der Waals surface area (Å²) in [6, 6.07) is 13.8. The fourth-order valence-electron chi connectivity index (χ4n) is 5.07. The molecule has 0 amide bonds. The van der Waals surface area contributed by atoms with E-state index in [1.165, 1.54) is 60.7 Å². The van der Waals surface area contributed by atoms with Gasteiger partial charge in [-0.25, -0.2) is 0 Å². The lowest BCUT2D eigenvalue weighted by molar-refractivity contribution is -0.396. The SMILES string of the molecule is CC1(C)CCC(O)(CC(CC(F)(F)C(F)(F)C(F)(F)C(F)(F)F)P(=O)(c2ccccc2)c2ccccc2)CC1. The van der Waals surface area contributed by atoms with Crippen LogP contribution >= 0.6 is 7.14 Å². The van der Waals surface area contributed by atoms with Crippen LogP contribution in [-0.2, 0) is 4.57 Å². The highest BCUT2D eigenvalue weighted by Crippen LogP contribution is 2.60. The smallest absolute Gasteiger partial charge is 0.390 e. The minimum atomic E-state index is -7.07. The average Bonchev–Trinajstić information content (AvgIpc) is 2.85. The summed E-state index contributed by atoms with van der Waals surface area (Å²) in [4.78, 5) is 0. The van der Waals surface area contributed by atoms with Crippen LogP contribution in [-0.4, -0.2) is 40.3 Å². The highest BCUT2D eigenvalue weighted by Gasteiger charge is 2.81. The highest BCUT2D eigenvalue weighted by molar-refractivity contribution is 7.79. The van der Waals surface area contributed by atoms with Crippen molar-refractivity contribution in [2.75, 3.05) is 0 Å². The van der Waals surface area contributed by atoms with E-state index in [0.29, 0.717) is 12.8 Å². The van der Waals surface area contributed by atoms with E-state index in [0.717, 1.165) is 0 Å². The third-order valence-electron chi connectivity index (χ3n) is 7.65. The Labute approximate surface area is 221 Å². The standard InChI is InChI=1S/C27H30F9O2P/c1-22(2)13-15-23(37,16-14-22)17-21(18-24(28,29)25(30,31)26(32,33)27(34,35)36)39(38,19-9-5-3-6-10-19)20-11-7-4-8-12-20/h3-12,21,37H,13-18H2,1-2H3. The number of alkyl halides is 9. The van der Waals surface area contributed by atoms with Crippen LogP contribution in [0.1, 0.15) is 52.4 Å². The molecule has 1 N–H and O–H groups in total. The van der Waals surface area contributed by atoms with Crippen molar-refractivity contribution >= 4 is 17.8 Å². The quantitative estimate of drug-likeness (QED) is 0.239. The molecule has 0 spiro atoms. The molecule has 0 aliphatic heterocycles. The lowest BCUT2D eigenvalue weighted by atomic mass is 9.69. The zero-order chi connectivity index (χ0) is 29.5. The second-order valence-corrected chi connectivity index (χ2v) is 14.2.